The molecule has 1 N–H and O–H groups in total. The van der Waals surface area contributed by atoms with Gasteiger partial charge in [0.25, 0.3) is 0 Å². The minimum Gasteiger partial charge on any atom is -0.370 e. The molecular weight excluding hydrogens is 276 g/mol. The fourth-order valence-electron chi connectivity index (χ4n) is 1.56. The Morgan fingerprint density at radius 2 is 2.05 bits per heavy atom. The summed E-state index contributed by atoms with van der Waals surface area (Å²) in [5.74, 6) is 2.53. The molecule has 2 aromatic heterocycles. The van der Waals surface area contributed by atoms with E-state index in [0.717, 1.165) is 46.1 Å². The lowest BCUT2D eigenvalue weighted by Gasteiger charge is -2.07. The van der Waals surface area contributed by atoms with Crippen LogP contribution >= 0.6 is 23.1 Å². The molecule has 0 unspecified atom stereocenters. The number of aromatic nitrogens is 3. The number of hydrogen-bond donors (Lipinski definition) is 1. The minimum atomic E-state index is 0.759. The maximum absolute atomic E-state index is 4.53. The smallest absolute Gasteiger partial charge is 0.150 e. The lowest BCUT2D eigenvalue weighted by atomic mass is 10.4. The maximum atomic E-state index is 4.53. The van der Waals surface area contributed by atoms with E-state index in [9.17, 15) is 0 Å². The summed E-state index contributed by atoms with van der Waals surface area (Å²) in [6, 6.07) is 1.98. The van der Waals surface area contributed by atoms with Gasteiger partial charge in [-0.25, -0.2) is 15.0 Å². The van der Waals surface area contributed by atoms with E-state index in [4.69, 9.17) is 0 Å². The van der Waals surface area contributed by atoms with Crippen LogP contribution in [0.4, 0.5) is 5.82 Å². The van der Waals surface area contributed by atoms with Gasteiger partial charge in [0.2, 0.25) is 0 Å². The third kappa shape index (κ3) is 4.47. The zero-order chi connectivity index (χ0) is 13.7. The van der Waals surface area contributed by atoms with Crippen molar-refractivity contribution in [2.45, 2.75) is 37.3 Å². The molecule has 4 nitrogen and oxygen atoms in total. The van der Waals surface area contributed by atoms with Crippen LogP contribution in [0.5, 0.6) is 0 Å². The maximum Gasteiger partial charge on any atom is 0.150 e. The summed E-state index contributed by atoms with van der Waals surface area (Å²) in [6.07, 6.45) is 1.09. The monoisotopic (exact) mass is 294 g/mol. The first-order chi connectivity index (χ1) is 9.17. The first-order valence-electron chi connectivity index (χ1n) is 6.30. The summed E-state index contributed by atoms with van der Waals surface area (Å²) in [5.41, 5.74) is 2.07. The van der Waals surface area contributed by atoms with E-state index in [1.54, 1.807) is 23.1 Å². The third-order valence-corrected chi connectivity index (χ3v) is 4.51. The van der Waals surface area contributed by atoms with Gasteiger partial charge in [-0.05, 0) is 20.3 Å². The van der Waals surface area contributed by atoms with Crippen LogP contribution in [0.15, 0.2) is 15.8 Å². The van der Waals surface area contributed by atoms with E-state index >= 15 is 0 Å². The SMILES string of the molecule is CCCNc1cc(C)nc(CSc2nc(C)cs2)n1. The van der Waals surface area contributed by atoms with Gasteiger partial charge in [0.15, 0.2) is 4.34 Å². The first kappa shape index (κ1) is 14.3. The van der Waals surface area contributed by atoms with Crippen molar-refractivity contribution >= 4 is 28.9 Å². The van der Waals surface area contributed by atoms with Crippen LogP contribution in [0.25, 0.3) is 0 Å². The highest BCUT2D eigenvalue weighted by Gasteiger charge is 2.05. The van der Waals surface area contributed by atoms with E-state index in [0.29, 0.717) is 0 Å². The molecular formula is C13H18N4S2. The van der Waals surface area contributed by atoms with Crippen molar-refractivity contribution in [3.05, 3.63) is 28.7 Å². The molecule has 0 saturated heterocycles. The number of nitrogens with zero attached hydrogens (tertiary/aromatic N) is 3. The van der Waals surface area contributed by atoms with Gasteiger partial charge >= 0.3 is 0 Å². The molecule has 19 heavy (non-hydrogen) atoms. The van der Waals surface area contributed by atoms with Crippen molar-refractivity contribution in [2.24, 2.45) is 0 Å². The number of thiazole rings is 1. The second kappa shape index (κ2) is 6.86. The normalized spacial score (nSPS) is 10.7. The molecule has 0 aliphatic rings. The predicted molar refractivity (Wildman–Crippen MR) is 82.0 cm³/mol. The summed E-state index contributed by atoms with van der Waals surface area (Å²) in [6.45, 7) is 7.09. The van der Waals surface area contributed by atoms with Crippen molar-refractivity contribution in [1.82, 2.24) is 15.0 Å². The summed E-state index contributed by atoms with van der Waals surface area (Å²) in [4.78, 5) is 13.4. The Balaban J connectivity index is 2.01. The van der Waals surface area contributed by atoms with E-state index < -0.39 is 0 Å². The van der Waals surface area contributed by atoms with Crippen LogP contribution in [0.2, 0.25) is 0 Å². The molecule has 2 rings (SSSR count). The number of rotatable bonds is 6. The van der Waals surface area contributed by atoms with Gasteiger partial charge in [-0.1, -0.05) is 18.7 Å². The molecule has 2 heterocycles. The lowest BCUT2D eigenvalue weighted by Crippen LogP contribution is -2.05. The second-order valence-electron chi connectivity index (χ2n) is 4.28. The summed E-state index contributed by atoms with van der Waals surface area (Å²) < 4.78 is 1.07. The predicted octanol–water partition coefficient (Wildman–Crippen LogP) is 3.66. The highest BCUT2D eigenvalue weighted by Crippen LogP contribution is 2.25. The minimum absolute atomic E-state index is 0.759. The van der Waals surface area contributed by atoms with Gasteiger partial charge in [-0.2, -0.15) is 0 Å². The average molecular weight is 294 g/mol. The van der Waals surface area contributed by atoms with Crippen molar-refractivity contribution in [3.63, 3.8) is 0 Å². The number of anilines is 1. The summed E-state index contributed by atoms with van der Waals surface area (Å²) in [7, 11) is 0. The Labute approximate surface area is 122 Å². The fourth-order valence-corrected chi connectivity index (χ4v) is 3.27. The molecule has 0 fully saturated rings. The molecule has 0 atom stereocenters. The van der Waals surface area contributed by atoms with Gasteiger partial charge < -0.3 is 5.32 Å². The van der Waals surface area contributed by atoms with Gasteiger partial charge in [0.1, 0.15) is 11.6 Å². The highest BCUT2D eigenvalue weighted by atomic mass is 32.2. The zero-order valence-electron chi connectivity index (χ0n) is 11.4. The topological polar surface area (TPSA) is 50.7 Å². The molecule has 2 aromatic rings. The Morgan fingerprint density at radius 3 is 2.74 bits per heavy atom. The summed E-state index contributed by atoms with van der Waals surface area (Å²) >= 11 is 3.36. The van der Waals surface area contributed by atoms with Gasteiger partial charge in [0, 0.05) is 29.4 Å². The van der Waals surface area contributed by atoms with Crippen LogP contribution in [-0.2, 0) is 5.75 Å². The van der Waals surface area contributed by atoms with Crippen LogP contribution in [0.3, 0.4) is 0 Å². The van der Waals surface area contributed by atoms with Crippen LogP contribution in [-0.4, -0.2) is 21.5 Å². The Morgan fingerprint density at radius 1 is 1.21 bits per heavy atom. The fraction of sp³-hybridized carbons (Fsp3) is 0.462. The van der Waals surface area contributed by atoms with Crippen LogP contribution < -0.4 is 5.32 Å². The van der Waals surface area contributed by atoms with Crippen molar-refractivity contribution < 1.29 is 0 Å². The zero-order valence-corrected chi connectivity index (χ0v) is 13.1. The molecule has 6 heteroatoms. The van der Waals surface area contributed by atoms with E-state index in [2.05, 4.69) is 32.6 Å². The molecule has 0 aliphatic carbocycles. The highest BCUT2D eigenvalue weighted by molar-refractivity contribution is 8.00. The number of thioether (sulfide) groups is 1. The molecule has 102 valence electrons. The van der Waals surface area contributed by atoms with Gasteiger partial charge in [0.05, 0.1) is 5.75 Å². The molecule has 0 aromatic carbocycles. The number of nitrogens with one attached hydrogen (secondary N) is 1. The number of hydrogen-bond acceptors (Lipinski definition) is 6. The number of aryl methyl sites for hydroxylation is 2. The summed E-state index contributed by atoms with van der Waals surface area (Å²) in [5, 5.41) is 5.37. The molecule has 0 amide bonds. The largest absolute Gasteiger partial charge is 0.370 e. The van der Waals surface area contributed by atoms with Gasteiger partial charge in [-0.15, -0.1) is 11.3 Å². The standard InChI is InChI=1S/C13H18N4S2/c1-4-5-14-11-6-9(2)15-12(17-11)8-19-13-16-10(3)7-18-13/h6-7H,4-5,8H2,1-3H3,(H,14,15,17). The Kier molecular flexibility index (Phi) is 5.15. The van der Waals surface area contributed by atoms with Crippen LogP contribution in [0, 0.1) is 13.8 Å². The van der Waals surface area contributed by atoms with Crippen molar-refractivity contribution in [3.8, 4) is 0 Å². The quantitative estimate of drug-likeness (QED) is 0.824. The van der Waals surface area contributed by atoms with E-state index in [-0.39, 0.29) is 0 Å². The first-order valence-corrected chi connectivity index (χ1v) is 8.17. The van der Waals surface area contributed by atoms with Crippen molar-refractivity contribution in [1.29, 1.82) is 0 Å². The molecule has 0 radical (unpaired) electrons. The van der Waals surface area contributed by atoms with E-state index in [1.807, 2.05) is 19.9 Å². The molecule has 0 saturated carbocycles. The Bertz CT molecular complexity index is 539. The molecule has 0 bridgehead atoms. The Hall–Kier alpha value is -1.14. The van der Waals surface area contributed by atoms with Crippen LogP contribution in [0.1, 0.15) is 30.6 Å². The van der Waals surface area contributed by atoms with E-state index in [1.165, 1.54) is 0 Å². The van der Waals surface area contributed by atoms with Gasteiger partial charge in [-0.3, -0.25) is 0 Å². The van der Waals surface area contributed by atoms with Crippen molar-refractivity contribution in [2.75, 3.05) is 11.9 Å². The molecule has 0 aliphatic heterocycles. The molecule has 0 spiro atoms. The lowest BCUT2D eigenvalue weighted by molar-refractivity contribution is 0.940. The second-order valence-corrected chi connectivity index (χ2v) is 6.36. The third-order valence-electron chi connectivity index (χ3n) is 2.38. The average Bonchev–Trinajstić information content (AvgIpc) is 2.79.